The van der Waals surface area contributed by atoms with Gasteiger partial charge in [-0.25, -0.2) is 18.7 Å². The van der Waals surface area contributed by atoms with E-state index >= 15 is 4.39 Å². The van der Waals surface area contributed by atoms with E-state index in [1.165, 1.54) is 6.07 Å². The van der Waals surface area contributed by atoms with E-state index in [2.05, 4.69) is 36.7 Å². The highest BCUT2D eigenvalue weighted by molar-refractivity contribution is 7.99. The summed E-state index contributed by atoms with van der Waals surface area (Å²) in [5.74, 6) is 0.0392. The van der Waals surface area contributed by atoms with Crippen molar-refractivity contribution in [3.8, 4) is 0 Å². The molecule has 7 nitrogen and oxygen atoms in total. The van der Waals surface area contributed by atoms with Gasteiger partial charge in [-0.1, -0.05) is 0 Å². The largest absolute Gasteiger partial charge is 0.368 e. The SMILES string of the molecule is CSC1Nc2cc(F)ccc2N1C1CCNC(C2(F)CCN(Cc3cnc(N)nc3)CC2)CC1. The van der Waals surface area contributed by atoms with Crippen LogP contribution in [0.25, 0.3) is 0 Å². The topological polar surface area (TPSA) is 82.3 Å². The Hall–Kier alpha value is -2.17. The summed E-state index contributed by atoms with van der Waals surface area (Å²) in [5, 5.41) is 6.98. The summed E-state index contributed by atoms with van der Waals surface area (Å²) in [5.41, 5.74) is 7.32. The average molecular weight is 490 g/mol. The molecule has 2 fully saturated rings. The van der Waals surface area contributed by atoms with E-state index in [1.54, 1.807) is 30.2 Å². The third-order valence-corrected chi connectivity index (χ3v) is 8.28. The molecule has 1 aromatic carbocycles. The lowest BCUT2D eigenvalue weighted by molar-refractivity contribution is 0.0205. The fourth-order valence-electron chi connectivity index (χ4n) is 5.62. The summed E-state index contributed by atoms with van der Waals surface area (Å²) in [6, 6.07) is 5.09. The van der Waals surface area contributed by atoms with Crippen LogP contribution in [-0.2, 0) is 6.54 Å². The monoisotopic (exact) mass is 489 g/mol. The maximum absolute atomic E-state index is 16.1. The number of piperidine rings is 1. The molecule has 0 spiro atoms. The number of alkyl halides is 1. The first-order chi connectivity index (χ1) is 16.4. The summed E-state index contributed by atoms with van der Waals surface area (Å²) in [6.45, 7) is 2.92. The fourth-order valence-corrected chi connectivity index (χ4v) is 6.38. The van der Waals surface area contributed by atoms with E-state index in [0.717, 1.165) is 42.7 Å². The number of aromatic nitrogens is 2. The number of nitrogens with zero attached hydrogens (tertiary/aromatic N) is 4. The molecule has 3 aliphatic heterocycles. The van der Waals surface area contributed by atoms with E-state index < -0.39 is 5.67 Å². The molecule has 184 valence electrons. The molecule has 0 radical (unpaired) electrons. The molecule has 2 saturated heterocycles. The van der Waals surface area contributed by atoms with Gasteiger partial charge in [-0.3, -0.25) is 4.90 Å². The third kappa shape index (κ3) is 4.81. The van der Waals surface area contributed by atoms with Crippen molar-refractivity contribution >= 4 is 29.1 Å². The average Bonchev–Trinajstić information content (AvgIpc) is 3.01. The number of hydrogen-bond donors (Lipinski definition) is 3. The predicted molar refractivity (Wildman–Crippen MR) is 134 cm³/mol. The molecule has 0 amide bonds. The Labute approximate surface area is 203 Å². The summed E-state index contributed by atoms with van der Waals surface area (Å²) in [6.07, 6.45) is 9.23. The lowest BCUT2D eigenvalue weighted by Crippen LogP contribution is -2.53. The van der Waals surface area contributed by atoms with Crippen LogP contribution in [0.5, 0.6) is 0 Å². The van der Waals surface area contributed by atoms with E-state index in [1.807, 2.05) is 6.07 Å². The standard InChI is InChI=1S/C24H33F2N7S/c1-34-23-31-19-12-17(25)2-4-20(19)33(23)18-3-5-21(28-9-6-18)24(26)7-10-32(11-8-24)15-16-13-29-22(27)30-14-16/h2,4,12-14,18,21,23,28,31H,3,5-11,15H2,1H3,(H2,27,29,30). The van der Waals surface area contributed by atoms with Gasteiger partial charge in [0.1, 0.15) is 17.0 Å². The van der Waals surface area contributed by atoms with Gasteiger partial charge in [0.25, 0.3) is 0 Å². The number of halogens is 2. The van der Waals surface area contributed by atoms with Crippen LogP contribution in [0.1, 0.15) is 37.7 Å². The second-order valence-corrected chi connectivity index (χ2v) is 10.5. The molecular weight excluding hydrogens is 456 g/mol. The molecule has 5 rings (SSSR count). The molecule has 2 aromatic rings. The molecule has 10 heteroatoms. The van der Waals surface area contributed by atoms with Gasteiger partial charge in [-0.15, -0.1) is 11.8 Å². The number of nitrogen functional groups attached to an aromatic ring is 1. The van der Waals surface area contributed by atoms with Crippen molar-refractivity contribution in [2.45, 2.75) is 61.9 Å². The van der Waals surface area contributed by atoms with E-state index in [9.17, 15) is 4.39 Å². The quantitative estimate of drug-likeness (QED) is 0.588. The lowest BCUT2D eigenvalue weighted by atomic mass is 9.83. The lowest BCUT2D eigenvalue weighted by Gasteiger charge is -2.41. The van der Waals surface area contributed by atoms with Crippen LogP contribution in [0.4, 0.5) is 26.1 Å². The molecule has 0 aliphatic carbocycles. The Balaban J connectivity index is 1.20. The maximum Gasteiger partial charge on any atom is 0.219 e. The first kappa shape index (κ1) is 23.6. The van der Waals surface area contributed by atoms with Gasteiger partial charge in [-0.2, -0.15) is 0 Å². The maximum atomic E-state index is 16.1. The zero-order valence-electron chi connectivity index (χ0n) is 19.5. The second kappa shape index (κ2) is 9.83. The minimum absolute atomic E-state index is 0.0678. The number of likely N-dealkylation sites (tertiary alicyclic amines) is 1. The van der Waals surface area contributed by atoms with E-state index in [0.29, 0.717) is 32.5 Å². The minimum Gasteiger partial charge on any atom is -0.368 e. The van der Waals surface area contributed by atoms with Crippen LogP contribution in [0.2, 0.25) is 0 Å². The molecule has 4 heterocycles. The molecule has 3 unspecified atom stereocenters. The number of benzene rings is 1. The van der Waals surface area contributed by atoms with Gasteiger partial charge in [0.05, 0.1) is 11.4 Å². The van der Waals surface area contributed by atoms with E-state index in [-0.39, 0.29) is 29.3 Å². The van der Waals surface area contributed by atoms with E-state index in [4.69, 9.17) is 5.73 Å². The predicted octanol–water partition coefficient (Wildman–Crippen LogP) is 3.59. The van der Waals surface area contributed by atoms with Crippen molar-refractivity contribution < 1.29 is 8.78 Å². The van der Waals surface area contributed by atoms with Gasteiger partial charge in [0.15, 0.2) is 0 Å². The highest BCUT2D eigenvalue weighted by Crippen LogP contribution is 2.42. The van der Waals surface area contributed by atoms with Crippen LogP contribution in [0.15, 0.2) is 30.6 Å². The Morgan fingerprint density at radius 3 is 2.68 bits per heavy atom. The molecule has 1 aromatic heterocycles. The number of thioether (sulfide) groups is 1. The minimum atomic E-state index is -1.20. The molecule has 3 aliphatic rings. The molecule has 3 atom stereocenters. The molecule has 0 saturated carbocycles. The fraction of sp³-hybridized carbons (Fsp3) is 0.583. The van der Waals surface area contributed by atoms with Crippen molar-refractivity contribution in [2.24, 2.45) is 0 Å². The van der Waals surface area contributed by atoms with Crippen molar-refractivity contribution in [1.29, 1.82) is 0 Å². The number of hydrogen-bond acceptors (Lipinski definition) is 8. The number of anilines is 3. The van der Waals surface area contributed by atoms with Crippen molar-refractivity contribution in [1.82, 2.24) is 20.2 Å². The molecule has 34 heavy (non-hydrogen) atoms. The van der Waals surface area contributed by atoms with Crippen LogP contribution >= 0.6 is 11.8 Å². The highest BCUT2D eigenvalue weighted by Gasteiger charge is 2.44. The zero-order valence-corrected chi connectivity index (χ0v) is 20.3. The smallest absolute Gasteiger partial charge is 0.219 e. The van der Waals surface area contributed by atoms with Crippen LogP contribution in [0.3, 0.4) is 0 Å². The highest BCUT2D eigenvalue weighted by atomic mass is 32.2. The first-order valence-electron chi connectivity index (χ1n) is 12.0. The van der Waals surface area contributed by atoms with Gasteiger partial charge in [-0.05, 0) is 63.1 Å². The summed E-state index contributed by atoms with van der Waals surface area (Å²) >= 11 is 1.71. The second-order valence-electron chi connectivity index (χ2n) is 9.59. The van der Waals surface area contributed by atoms with Crippen molar-refractivity contribution in [2.75, 3.05) is 41.8 Å². The summed E-state index contributed by atoms with van der Waals surface area (Å²) in [4.78, 5) is 12.7. The number of rotatable bonds is 5. The van der Waals surface area contributed by atoms with Crippen LogP contribution in [-0.4, -0.2) is 64.0 Å². The zero-order chi connectivity index (χ0) is 23.7. The van der Waals surface area contributed by atoms with Crippen LogP contribution < -0.4 is 21.3 Å². The van der Waals surface area contributed by atoms with Crippen molar-refractivity contribution in [3.05, 3.63) is 42.0 Å². The molecular formula is C24H33F2N7S. The van der Waals surface area contributed by atoms with Crippen LogP contribution in [0, 0.1) is 5.82 Å². The van der Waals surface area contributed by atoms with Gasteiger partial charge >= 0.3 is 0 Å². The Morgan fingerprint density at radius 2 is 1.94 bits per heavy atom. The Kier molecular flexibility index (Phi) is 6.81. The summed E-state index contributed by atoms with van der Waals surface area (Å²) in [7, 11) is 0. The van der Waals surface area contributed by atoms with Crippen molar-refractivity contribution in [3.63, 3.8) is 0 Å². The Bertz CT molecular complexity index is 984. The van der Waals surface area contributed by atoms with Gasteiger partial charge in [0.2, 0.25) is 5.95 Å². The number of nitrogens with two attached hydrogens (primary N) is 1. The third-order valence-electron chi connectivity index (χ3n) is 7.49. The van der Waals surface area contributed by atoms with Gasteiger partial charge < -0.3 is 21.3 Å². The molecule has 4 N–H and O–H groups in total. The Morgan fingerprint density at radius 1 is 1.18 bits per heavy atom. The number of nitrogens with one attached hydrogen (secondary N) is 2. The first-order valence-corrected chi connectivity index (χ1v) is 13.3. The normalized spacial score (nSPS) is 27.1. The van der Waals surface area contributed by atoms with Gasteiger partial charge in [0, 0.05) is 49.7 Å². The molecule has 0 bridgehead atoms. The summed E-state index contributed by atoms with van der Waals surface area (Å²) < 4.78 is 29.9. The number of fused-ring (bicyclic) bond motifs is 1.